The lowest BCUT2D eigenvalue weighted by atomic mass is 10.0. The lowest BCUT2D eigenvalue weighted by molar-refractivity contribution is -0.385. The molecule has 3 rings (SSSR count). The van der Waals surface area contributed by atoms with Crippen LogP contribution >= 0.6 is 11.8 Å². The molecule has 1 atom stereocenters. The summed E-state index contributed by atoms with van der Waals surface area (Å²) >= 11 is 1.33. The number of Topliss-reactive ketones (excluding diaryl/α,β-unsaturated/α-hetero) is 1. The maximum atomic E-state index is 12.8. The molecular formula is C21H20N2O6S. The summed E-state index contributed by atoms with van der Waals surface area (Å²) in [6, 6.07) is 9.16. The Balaban J connectivity index is 1.79. The van der Waals surface area contributed by atoms with Crippen LogP contribution in [0.5, 0.6) is 0 Å². The molecule has 1 heterocycles. The maximum absolute atomic E-state index is 12.8. The van der Waals surface area contributed by atoms with E-state index in [9.17, 15) is 24.5 Å². The number of hydrogen-bond donors (Lipinski definition) is 0. The predicted molar refractivity (Wildman–Crippen MR) is 112 cm³/mol. The highest BCUT2D eigenvalue weighted by Crippen LogP contribution is 2.30. The van der Waals surface area contributed by atoms with Gasteiger partial charge in [-0.2, -0.15) is 0 Å². The molecule has 0 aliphatic carbocycles. The zero-order valence-electron chi connectivity index (χ0n) is 16.7. The van der Waals surface area contributed by atoms with E-state index in [0.29, 0.717) is 23.4 Å². The summed E-state index contributed by atoms with van der Waals surface area (Å²) in [6.07, 6.45) is 1.29. The second-order valence-electron chi connectivity index (χ2n) is 6.82. The number of fused-ring (bicyclic) bond motifs is 1. The van der Waals surface area contributed by atoms with E-state index >= 15 is 0 Å². The van der Waals surface area contributed by atoms with E-state index in [1.165, 1.54) is 37.7 Å². The second-order valence-corrected chi connectivity index (χ2v) is 7.70. The number of nitro groups is 1. The van der Waals surface area contributed by atoms with Crippen molar-refractivity contribution in [2.45, 2.75) is 31.3 Å². The van der Waals surface area contributed by atoms with E-state index in [4.69, 9.17) is 4.74 Å². The van der Waals surface area contributed by atoms with Crippen LogP contribution in [0, 0.1) is 10.1 Å². The van der Waals surface area contributed by atoms with Crippen molar-refractivity contribution in [3.8, 4) is 0 Å². The molecule has 30 heavy (non-hydrogen) atoms. The van der Waals surface area contributed by atoms with Gasteiger partial charge < -0.3 is 9.64 Å². The largest absolute Gasteiger partial charge is 0.450 e. The molecular weight excluding hydrogens is 408 g/mol. The summed E-state index contributed by atoms with van der Waals surface area (Å²) in [5.74, 6) is -1.41. The van der Waals surface area contributed by atoms with Gasteiger partial charge in [-0.1, -0.05) is 0 Å². The standard InChI is InChI=1S/C21H20N2O6S/c1-12(29-21(26)17-11-16(30-3)5-7-19(17)23(27)28)20(25)15-4-6-18-14(10-15)8-9-22(18)13(2)24/h4-7,10-12H,8-9H2,1-3H3/t12-/m1/s1. The fourth-order valence-electron chi connectivity index (χ4n) is 3.36. The van der Waals surface area contributed by atoms with E-state index in [-0.39, 0.29) is 17.2 Å². The van der Waals surface area contributed by atoms with Crippen LogP contribution in [0.4, 0.5) is 11.4 Å². The van der Waals surface area contributed by atoms with Gasteiger partial charge in [-0.05, 0) is 55.5 Å². The number of benzene rings is 2. The Hall–Kier alpha value is -3.20. The number of ether oxygens (including phenoxy) is 1. The molecule has 1 amide bonds. The lowest BCUT2D eigenvalue weighted by Gasteiger charge is -2.16. The molecule has 1 aliphatic heterocycles. The van der Waals surface area contributed by atoms with Gasteiger partial charge in [0, 0.05) is 35.7 Å². The normalized spacial score (nSPS) is 13.5. The van der Waals surface area contributed by atoms with Crippen molar-refractivity contribution in [2.24, 2.45) is 0 Å². The van der Waals surface area contributed by atoms with Crippen LogP contribution in [0.2, 0.25) is 0 Å². The van der Waals surface area contributed by atoms with Gasteiger partial charge in [0.05, 0.1) is 4.92 Å². The Morgan fingerprint density at radius 3 is 2.57 bits per heavy atom. The predicted octanol–water partition coefficient (Wildman–Crippen LogP) is 3.65. The van der Waals surface area contributed by atoms with E-state index in [2.05, 4.69) is 0 Å². The quantitative estimate of drug-likeness (QED) is 0.227. The molecule has 0 N–H and O–H groups in total. The van der Waals surface area contributed by atoms with Gasteiger partial charge in [0.25, 0.3) is 5.69 Å². The number of amides is 1. The molecule has 0 saturated heterocycles. The van der Waals surface area contributed by atoms with Crippen LogP contribution < -0.4 is 4.90 Å². The number of carbonyl (C=O) groups excluding carboxylic acids is 3. The van der Waals surface area contributed by atoms with E-state index < -0.39 is 22.8 Å². The van der Waals surface area contributed by atoms with Crippen LogP contribution in [0.3, 0.4) is 0 Å². The Bertz CT molecular complexity index is 1050. The Morgan fingerprint density at radius 2 is 1.93 bits per heavy atom. The molecule has 0 saturated carbocycles. The van der Waals surface area contributed by atoms with Crippen LogP contribution in [0.25, 0.3) is 0 Å². The summed E-state index contributed by atoms with van der Waals surface area (Å²) in [7, 11) is 0. The van der Waals surface area contributed by atoms with Gasteiger partial charge in [-0.15, -0.1) is 11.8 Å². The van der Waals surface area contributed by atoms with Crippen molar-refractivity contribution in [2.75, 3.05) is 17.7 Å². The van der Waals surface area contributed by atoms with E-state index in [1.54, 1.807) is 35.4 Å². The van der Waals surface area contributed by atoms with Crippen LogP contribution in [-0.4, -0.2) is 41.5 Å². The number of anilines is 1. The van der Waals surface area contributed by atoms with Gasteiger partial charge in [0.2, 0.25) is 11.7 Å². The Kier molecular flexibility index (Phi) is 6.21. The average molecular weight is 428 g/mol. The number of carbonyl (C=O) groups is 3. The van der Waals surface area contributed by atoms with Crippen LogP contribution in [-0.2, 0) is 16.0 Å². The fourth-order valence-corrected chi connectivity index (χ4v) is 3.80. The van der Waals surface area contributed by atoms with Gasteiger partial charge in [-0.25, -0.2) is 4.79 Å². The van der Waals surface area contributed by atoms with Crippen LogP contribution in [0.15, 0.2) is 41.3 Å². The first kappa shape index (κ1) is 21.5. The summed E-state index contributed by atoms with van der Waals surface area (Å²) < 4.78 is 5.25. The highest BCUT2D eigenvalue weighted by Gasteiger charge is 2.28. The number of thioether (sulfide) groups is 1. The van der Waals surface area contributed by atoms with Crippen molar-refractivity contribution in [3.63, 3.8) is 0 Å². The highest BCUT2D eigenvalue weighted by atomic mass is 32.2. The minimum absolute atomic E-state index is 0.0656. The number of ketones is 1. The number of rotatable bonds is 6. The molecule has 0 fully saturated rings. The van der Waals surface area contributed by atoms with Crippen LogP contribution in [0.1, 0.15) is 40.1 Å². The van der Waals surface area contributed by atoms with E-state index in [1.807, 2.05) is 0 Å². The highest BCUT2D eigenvalue weighted by molar-refractivity contribution is 7.98. The van der Waals surface area contributed by atoms with Gasteiger partial charge in [0.15, 0.2) is 6.10 Å². The summed E-state index contributed by atoms with van der Waals surface area (Å²) in [4.78, 5) is 49.9. The lowest BCUT2D eigenvalue weighted by Crippen LogP contribution is -2.26. The molecule has 0 unspecified atom stereocenters. The summed E-state index contributed by atoms with van der Waals surface area (Å²) in [5.41, 5.74) is 1.43. The molecule has 0 aromatic heterocycles. The molecule has 9 heteroatoms. The molecule has 0 radical (unpaired) electrons. The number of nitro benzene ring substituents is 1. The fraction of sp³-hybridized carbons (Fsp3) is 0.286. The van der Waals surface area contributed by atoms with Crippen molar-refractivity contribution >= 4 is 40.8 Å². The zero-order chi connectivity index (χ0) is 22.0. The minimum atomic E-state index is -1.13. The summed E-state index contributed by atoms with van der Waals surface area (Å²) in [6.45, 7) is 3.48. The molecule has 8 nitrogen and oxygen atoms in total. The molecule has 156 valence electrons. The van der Waals surface area contributed by atoms with E-state index in [0.717, 1.165) is 11.3 Å². The van der Waals surface area contributed by atoms with Gasteiger partial charge >= 0.3 is 5.97 Å². The first-order valence-corrected chi connectivity index (χ1v) is 10.4. The molecule has 2 aromatic carbocycles. The number of hydrogen-bond acceptors (Lipinski definition) is 7. The molecule has 2 aromatic rings. The van der Waals surface area contributed by atoms with Gasteiger partial charge in [0.1, 0.15) is 5.56 Å². The average Bonchev–Trinajstić information content (AvgIpc) is 3.16. The third kappa shape index (κ3) is 4.20. The maximum Gasteiger partial charge on any atom is 0.345 e. The minimum Gasteiger partial charge on any atom is -0.450 e. The van der Waals surface area contributed by atoms with Crippen molar-refractivity contribution in [1.82, 2.24) is 0 Å². The first-order chi connectivity index (χ1) is 14.2. The number of esters is 1. The third-order valence-electron chi connectivity index (χ3n) is 4.91. The SMILES string of the molecule is CSc1ccc([N+](=O)[O-])c(C(=O)O[C@H](C)C(=O)c2ccc3c(c2)CCN3C(C)=O)c1. The molecule has 0 bridgehead atoms. The van der Waals surface area contributed by atoms with Crippen molar-refractivity contribution in [3.05, 3.63) is 63.2 Å². The molecule has 1 aliphatic rings. The Labute approximate surface area is 177 Å². The van der Waals surface area contributed by atoms with Crippen molar-refractivity contribution < 1.29 is 24.0 Å². The summed E-state index contributed by atoms with van der Waals surface area (Å²) in [5, 5.41) is 11.2. The zero-order valence-corrected chi connectivity index (χ0v) is 17.5. The first-order valence-electron chi connectivity index (χ1n) is 9.21. The Morgan fingerprint density at radius 1 is 1.20 bits per heavy atom. The van der Waals surface area contributed by atoms with Gasteiger partial charge in [-0.3, -0.25) is 19.7 Å². The second kappa shape index (κ2) is 8.66. The van der Waals surface area contributed by atoms with Crippen molar-refractivity contribution in [1.29, 1.82) is 0 Å². The topological polar surface area (TPSA) is 107 Å². The number of nitrogens with zero attached hydrogens (tertiary/aromatic N) is 2. The molecule has 0 spiro atoms. The third-order valence-corrected chi connectivity index (χ3v) is 5.64. The monoisotopic (exact) mass is 428 g/mol. The smallest absolute Gasteiger partial charge is 0.345 e.